The molecule has 0 radical (unpaired) electrons. The summed E-state index contributed by atoms with van der Waals surface area (Å²) in [4.78, 5) is 18.4. The SMILES string of the molecule is CCc1ccc([C@H](C)NC(=O)C[NH+](C)[C@@H](C)c2nc3ccccc3s2)cc1. The fraction of sp³-hybridized carbons (Fsp3) is 0.364. The van der Waals surface area contributed by atoms with Crippen LogP contribution in [0.2, 0.25) is 0 Å². The van der Waals surface area contributed by atoms with Crippen LogP contribution >= 0.6 is 11.3 Å². The Bertz CT molecular complexity index is 870. The first kappa shape index (κ1) is 19.5. The van der Waals surface area contributed by atoms with Crippen LogP contribution in [0.5, 0.6) is 0 Å². The van der Waals surface area contributed by atoms with E-state index >= 15 is 0 Å². The number of rotatable bonds is 7. The number of para-hydroxylation sites is 1. The molecule has 1 aromatic heterocycles. The quantitative estimate of drug-likeness (QED) is 0.659. The van der Waals surface area contributed by atoms with Gasteiger partial charge in [-0.2, -0.15) is 0 Å². The summed E-state index contributed by atoms with van der Waals surface area (Å²) in [6, 6.07) is 16.8. The van der Waals surface area contributed by atoms with E-state index in [1.807, 2.05) is 25.1 Å². The summed E-state index contributed by atoms with van der Waals surface area (Å²) in [5, 5.41) is 4.19. The zero-order valence-electron chi connectivity index (χ0n) is 16.5. The maximum absolute atomic E-state index is 12.5. The van der Waals surface area contributed by atoms with Crippen LogP contribution in [0.3, 0.4) is 0 Å². The van der Waals surface area contributed by atoms with Crippen LogP contribution in [0.4, 0.5) is 0 Å². The number of aromatic nitrogens is 1. The van der Waals surface area contributed by atoms with E-state index in [1.54, 1.807) is 11.3 Å². The number of hydrogen-bond acceptors (Lipinski definition) is 3. The van der Waals surface area contributed by atoms with E-state index in [4.69, 9.17) is 4.98 Å². The third-order valence-electron chi connectivity index (χ3n) is 5.12. The van der Waals surface area contributed by atoms with Gasteiger partial charge in [-0.15, -0.1) is 11.3 Å². The first-order valence-corrected chi connectivity index (χ1v) is 10.4. The Balaban J connectivity index is 1.58. The highest BCUT2D eigenvalue weighted by Gasteiger charge is 2.22. The molecule has 3 rings (SSSR count). The minimum atomic E-state index is 0.00830. The average Bonchev–Trinajstić information content (AvgIpc) is 3.11. The van der Waals surface area contributed by atoms with Gasteiger partial charge < -0.3 is 10.2 Å². The molecule has 1 unspecified atom stereocenters. The van der Waals surface area contributed by atoms with Crippen LogP contribution in [0, 0.1) is 0 Å². The molecule has 0 spiro atoms. The van der Waals surface area contributed by atoms with Crippen LogP contribution < -0.4 is 10.2 Å². The van der Waals surface area contributed by atoms with E-state index in [0.717, 1.165) is 27.4 Å². The topological polar surface area (TPSA) is 46.4 Å². The predicted molar refractivity (Wildman–Crippen MR) is 112 cm³/mol. The summed E-state index contributed by atoms with van der Waals surface area (Å²) in [5.74, 6) is 0.0625. The largest absolute Gasteiger partial charge is 0.345 e. The normalized spacial score (nSPS) is 14.7. The summed E-state index contributed by atoms with van der Waals surface area (Å²) < 4.78 is 1.20. The minimum absolute atomic E-state index is 0.00830. The van der Waals surface area contributed by atoms with Crippen molar-refractivity contribution in [1.29, 1.82) is 0 Å². The van der Waals surface area contributed by atoms with E-state index in [0.29, 0.717) is 6.54 Å². The summed E-state index contributed by atoms with van der Waals surface area (Å²) >= 11 is 1.71. The number of carbonyl (C=O) groups is 1. The number of likely N-dealkylation sites (N-methyl/N-ethyl adjacent to an activating group) is 1. The number of nitrogens with zero attached hydrogens (tertiary/aromatic N) is 1. The monoisotopic (exact) mass is 382 g/mol. The molecule has 3 atom stereocenters. The zero-order chi connectivity index (χ0) is 19.4. The van der Waals surface area contributed by atoms with Gasteiger partial charge in [-0.3, -0.25) is 4.79 Å². The van der Waals surface area contributed by atoms with E-state index in [1.165, 1.54) is 10.3 Å². The van der Waals surface area contributed by atoms with Crippen molar-refractivity contribution in [2.24, 2.45) is 0 Å². The number of benzene rings is 2. The van der Waals surface area contributed by atoms with Gasteiger partial charge in [-0.05, 0) is 43.5 Å². The van der Waals surface area contributed by atoms with Crippen molar-refractivity contribution in [3.8, 4) is 0 Å². The Kier molecular flexibility index (Phi) is 6.24. The number of thiazole rings is 1. The summed E-state index contributed by atoms with van der Waals surface area (Å²) in [6.45, 7) is 6.73. The van der Waals surface area contributed by atoms with Gasteiger partial charge in [-0.1, -0.05) is 43.3 Å². The van der Waals surface area contributed by atoms with Gasteiger partial charge in [0.1, 0.15) is 6.04 Å². The Morgan fingerprint density at radius 3 is 2.52 bits per heavy atom. The second kappa shape index (κ2) is 8.63. The highest BCUT2D eigenvalue weighted by molar-refractivity contribution is 7.18. The smallest absolute Gasteiger partial charge is 0.275 e. The van der Waals surface area contributed by atoms with Gasteiger partial charge in [0.15, 0.2) is 11.6 Å². The fourth-order valence-electron chi connectivity index (χ4n) is 3.11. The molecule has 0 saturated carbocycles. The third kappa shape index (κ3) is 4.73. The predicted octanol–water partition coefficient (Wildman–Crippen LogP) is 3.31. The third-order valence-corrected chi connectivity index (χ3v) is 6.34. The molecule has 1 amide bonds. The van der Waals surface area contributed by atoms with Crippen molar-refractivity contribution in [1.82, 2.24) is 10.3 Å². The van der Waals surface area contributed by atoms with Crippen LogP contribution in [-0.2, 0) is 11.2 Å². The lowest BCUT2D eigenvalue weighted by molar-refractivity contribution is -0.902. The van der Waals surface area contributed by atoms with Crippen molar-refractivity contribution < 1.29 is 9.69 Å². The minimum Gasteiger partial charge on any atom is -0.345 e. The Morgan fingerprint density at radius 2 is 1.85 bits per heavy atom. The first-order chi connectivity index (χ1) is 13.0. The van der Waals surface area contributed by atoms with Crippen molar-refractivity contribution in [2.75, 3.05) is 13.6 Å². The van der Waals surface area contributed by atoms with E-state index in [-0.39, 0.29) is 18.0 Å². The lowest BCUT2D eigenvalue weighted by Gasteiger charge is -2.21. The van der Waals surface area contributed by atoms with Gasteiger partial charge in [-0.25, -0.2) is 4.98 Å². The second-order valence-electron chi connectivity index (χ2n) is 7.15. The lowest BCUT2D eigenvalue weighted by atomic mass is 10.1. The molecule has 0 saturated heterocycles. The number of amides is 1. The lowest BCUT2D eigenvalue weighted by Crippen LogP contribution is -3.10. The van der Waals surface area contributed by atoms with Crippen molar-refractivity contribution >= 4 is 27.5 Å². The molecule has 0 aliphatic rings. The first-order valence-electron chi connectivity index (χ1n) is 9.54. The molecule has 2 N–H and O–H groups in total. The number of nitrogens with one attached hydrogen (secondary N) is 2. The van der Waals surface area contributed by atoms with Gasteiger partial charge in [0, 0.05) is 0 Å². The maximum Gasteiger partial charge on any atom is 0.275 e. The van der Waals surface area contributed by atoms with Crippen LogP contribution in [0.15, 0.2) is 48.5 Å². The van der Waals surface area contributed by atoms with Gasteiger partial charge in [0.05, 0.1) is 23.3 Å². The molecule has 2 aromatic carbocycles. The standard InChI is InChI=1S/C22H27N3OS/c1-5-17-10-12-18(13-11-17)15(2)23-21(26)14-25(4)16(3)22-24-19-8-6-7-9-20(19)27-22/h6-13,15-16H,5,14H2,1-4H3,(H,23,26)/p+1/t15-,16-/m0/s1. The van der Waals surface area contributed by atoms with Crippen molar-refractivity contribution in [2.45, 2.75) is 39.3 Å². The number of carbonyl (C=O) groups excluding carboxylic acids is 1. The molecule has 1 heterocycles. The van der Waals surface area contributed by atoms with E-state index in [2.05, 4.69) is 56.5 Å². The van der Waals surface area contributed by atoms with E-state index < -0.39 is 0 Å². The molecule has 142 valence electrons. The zero-order valence-corrected chi connectivity index (χ0v) is 17.3. The Morgan fingerprint density at radius 1 is 1.15 bits per heavy atom. The van der Waals surface area contributed by atoms with Crippen LogP contribution in [0.1, 0.15) is 49.0 Å². The molecule has 5 heteroatoms. The van der Waals surface area contributed by atoms with Gasteiger partial charge in [0.25, 0.3) is 5.91 Å². The number of hydrogen-bond donors (Lipinski definition) is 2. The summed E-state index contributed by atoms with van der Waals surface area (Å²) in [5.41, 5.74) is 3.48. The fourth-order valence-corrected chi connectivity index (χ4v) is 4.22. The molecule has 4 nitrogen and oxygen atoms in total. The molecule has 3 aromatic rings. The van der Waals surface area contributed by atoms with Crippen LogP contribution in [-0.4, -0.2) is 24.5 Å². The van der Waals surface area contributed by atoms with E-state index in [9.17, 15) is 4.79 Å². The van der Waals surface area contributed by atoms with Gasteiger partial charge >= 0.3 is 0 Å². The summed E-state index contributed by atoms with van der Waals surface area (Å²) in [6.07, 6.45) is 1.03. The Hall–Kier alpha value is -2.24. The molecule has 0 aliphatic carbocycles. The number of fused-ring (bicyclic) bond motifs is 1. The summed E-state index contributed by atoms with van der Waals surface area (Å²) in [7, 11) is 2.05. The molecule has 0 fully saturated rings. The number of quaternary nitrogens is 1. The Labute approximate surface area is 165 Å². The average molecular weight is 383 g/mol. The molecule has 27 heavy (non-hydrogen) atoms. The highest BCUT2D eigenvalue weighted by atomic mass is 32.1. The van der Waals surface area contributed by atoms with Crippen molar-refractivity contribution in [3.63, 3.8) is 0 Å². The maximum atomic E-state index is 12.5. The molecular formula is C22H28N3OS+. The van der Waals surface area contributed by atoms with Crippen molar-refractivity contribution in [3.05, 3.63) is 64.7 Å². The molecule has 0 bridgehead atoms. The van der Waals surface area contributed by atoms with Crippen LogP contribution in [0.25, 0.3) is 10.2 Å². The highest BCUT2D eigenvalue weighted by Crippen LogP contribution is 2.24. The van der Waals surface area contributed by atoms with Gasteiger partial charge in [0.2, 0.25) is 0 Å². The number of aryl methyl sites for hydroxylation is 1. The second-order valence-corrected chi connectivity index (χ2v) is 8.21. The molecule has 0 aliphatic heterocycles. The molecular weight excluding hydrogens is 354 g/mol.